The highest BCUT2D eigenvalue weighted by molar-refractivity contribution is 8.13. The molecule has 2 atom stereocenters. The van der Waals surface area contributed by atoms with Gasteiger partial charge in [0.1, 0.15) is 0 Å². The Kier molecular flexibility index (Phi) is 21.4. The molecule has 0 saturated carbocycles. The van der Waals surface area contributed by atoms with Gasteiger partial charge in [0.05, 0.1) is 12.1 Å². The molecule has 1 heterocycles. The largest absolute Gasteiger partial charge is 0.356 e. The molecule has 1 aliphatic rings. The maximum Gasteiger partial charge on any atom is 0.158 e. The van der Waals surface area contributed by atoms with E-state index in [4.69, 9.17) is 4.99 Å². The zero-order valence-electron chi connectivity index (χ0n) is 21.2. The molecule has 0 unspecified atom stereocenters. The van der Waals surface area contributed by atoms with Crippen LogP contribution < -0.4 is 5.32 Å². The minimum absolute atomic E-state index is 0.195. The van der Waals surface area contributed by atoms with Gasteiger partial charge >= 0.3 is 0 Å². The average molecular weight is 443 g/mol. The molecule has 0 saturated heterocycles. The number of benzene rings is 1. The third-order valence-electron chi connectivity index (χ3n) is 4.06. The fourth-order valence-electron chi connectivity index (χ4n) is 2.69. The Hall–Kier alpha value is -2.00. The highest BCUT2D eigenvalue weighted by atomic mass is 32.2. The zero-order valence-corrected chi connectivity index (χ0v) is 22.1. The van der Waals surface area contributed by atoms with Crippen LogP contribution in [0.2, 0.25) is 0 Å². The topological polar surface area (TPSA) is 24.4 Å². The van der Waals surface area contributed by atoms with Crippen LogP contribution in [0.1, 0.15) is 73.8 Å². The van der Waals surface area contributed by atoms with E-state index >= 15 is 0 Å². The molecule has 1 N–H and O–H groups in total. The maximum atomic E-state index is 4.86. The Morgan fingerprint density at radius 2 is 1.68 bits per heavy atom. The third kappa shape index (κ3) is 14.6. The van der Waals surface area contributed by atoms with Crippen LogP contribution >= 0.6 is 11.8 Å². The lowest BCUT2D eigenvalue weighted by atomic mass is 9.97. The second-order valence-corrected chi connectivity index (χ2v) is 7.83. The molecule has 3 heteroatoms. The molecule has 0 fully saturated rings. The zero-order chi connectivity index (χ0) is 24.1. The minimum Gasteiger partial charge on any atom is -0.356 e. The number of nitrogens with zero attached hydrogens (tertiary/aromatic N) is 1. The molecule has 1 aromatic carbocycles. The highest BCUT2D eigenvalue weighted by Crippen LogP contribution is 2.25. The number of rotatable bonds is 6. The molecule has 2 rings (SSSR count). The first-order chi connectivity index (χ1) is 14.9. The van der Waals surface area contributed by atoms with E-state index in [1.807, 2.05) is 33.8 Å². The maximum absolute atomic E-state index is 4.86. The fourth-order valence-corrected chi connectivity index (χ4v) is 3.59. The van der Waals surface area contributed by atoms with Crippen LogP contribution in [0.5, 0.6) is 0 Å². The first-order valence-corrected chi connectivity index (χ1v) is 12.4. The molecule has 174 valence electrons. The number of hydrogen-bond donors (Lipinski definition) is 1. The summed E-state index contributed by atoms with van der Waals surface area (Å²) in [5.41, 5.74) is 3.79. The van der Waals surface area contributed by atoms with Crippen molar-refractivity contribution < 1.29 is 0 Å². The normalized spacial score (nSPS) is 17.0. The molecule has 31 heavy (non-hydrogen) atoms. The Labute approximate surface area is 197 Å². The lowest BCUT2D eigenvalue weighted by molar-refractivity contribution is 0.642. The van der Waals surface area contributed by atoms with Crippen molar-refractivity contribution in [3.05, 3.63) is 84.5 Å². The highest BCUT2D eigenvalue weighted by Gasteiger charge is 2.30. The van der Waals surface area contributed by atoms with Crippen molar-refractivity contribution in [2.24, 2.45) is 4.99 Å². The lowest BCUT2D eigenvalue weighted by Gasteiger charge is -2.19. The van der Waals surface area contributed by atoms with Crippen LogP contribution in [0.3, 0.4) is 0 Å². The van der Waals surface area contributed by atoms with E-state index in [-0.39, 0.29) is 12.1 Å². The van der Waals surface area contributed by atoms with Crippen LogP contribution in [0, 0.1) is 0 Å². The monoisotopic (exact) mass is 442 g/mol. The second-order valence-electron chi connectivity index (χ2n) is 6.86. The lowest BCUT2D eigenvalue weighted by Crippen LogP contribution is -2.35. The molecular weight excluding hydrogens is 396 g/mol. The standard InChI is InChI=1S/C18H24N2S.C5H10.C3H6.C2H6/c1-5-9-14(4)17-16(13(2)3)19-18(20-17)21-12-15-10-7-6-8-11-15;1-3-5-4-2;1-3-2;1-2/h6-11,16-17H,2,5,12H2,1,3-4H3,(H,19,20);3,5H,4H2,1-2H3;3H,1H2,2H3;1-2H3/b14-9+;5-3-;;/t16-,17+;;;/m1.../s1. The van der Waals surface area contributed by atoms with E-state index in [2.05, 4.69) is 88.7 Å². The molecule has 1 aromatic rings. The van der Waals surface area contributed by atoms with Crippen molar-refractivity contribution >= 4 is 16.9 Å². The van der Waals surface area contributed by atoms with Gasteiger partial charge in [-0.15, -0.1) is 6.58 Å². The summed E-state index contributed by atoms with van der Waals surface area (Å²) in [5.74, 6) is 0.943. The van der Waals surface area contributed by atoms with E-state index in [1.165, 1.54) is 11.1 Å². The SMILES string of the molecule is C/C=C\CC.C=C(C)[C@H]1NC(SCc2ccccc2)=N[C@H]1/C(C)=C/CC.C=CC.CC. The minimum atomic E-state index is 0.195. The van der Waals surface area contributed by atoms with Gasteiger partial charge < -0.3 is 5.32 Å². The van der Waals surface area contributed by atoms with Crippen molar-refractivity contribution in [3.8, 4) is 0 Å². The first-order valence-electron chi connectivity index (χ1n) is 11.5. The van der Waals surface area contributed by atoms with Crippen molar-refractivity contribution in [2.45, 2.75) is 86.1 Å². The summed E-state index contributed by atoms with van der Waals surface area (Å²) in [6.45, 7) is 23.9. The second kappa shape index (κ2) is 21.2. The third-order valence-corrected chi connectivity index (χ3v) is 5.04. The summed E-state index contributed by atoms with van der Waals surface area (Å²) >= 11 is 1.77. The van der Waals surface area contributed by atoms with Gasteiger partial charge in [-0.3, -0.25) is 4.99 Å². The predicted molar refractivity (Wildman–Crippen MR) is 147 cm³/mol. The summed E-state index contributed by atoms with van der Waals surface area (Å²) in [4.78, 5) is 4.86. The van der Waals surface area contributed by atoms with Crippen LogP contribution in [-0.2, 0) is 5.75 Å². The summed E-state index contributed by atoms with van der Waals surface area (Å²) < 4.78 is 0. The number of amidine groups is 1. The molecule has 1 aliphatic heterocycles. The first kappa shape index (κ1) is 31.2. The molecule has 0 aliphatic carbocycles. The van der Waals surface area contributed by atoms with Gasteiger partial charge in [0, 0.05) is 5.75 Å². The molecule has 0 aromatic heterocycles. The Morgan fingerprint density at radius 1 is 1.10 bits per heavy atom. The van der Waals surface area contributed by atoms with E-state index in [9.17, 15) is 0 Å². The van der Waals surface area contributed by atoms with Crippen molar-refractivity contribution in [3.63, 3.8) is 0 Å². The van der Waals surface area contributed by atoms with Crippen LogP contribution in [0.4, 0.5) is 0 Å². The van der Waals surface area contributed by atoms with E-state index in [1.54, 1.807) is 17.8 Å². The number of thioether (sulfide) groups is 1. The molecule has 0 bridgehead atoms. The van der Waals surface area contributed by atoms with Crippen LogP contribution in [-0.4, -0.2) is 17.3 Å². The summed E-state index contributed by atoms with van der Waals surface area (Å²) in [6, 6.07) is 10.9. The van der Waals surface area contributed by atoms with Gasteiger partial charge in [-0.05, 0) is 46.1 Å². The Bertz CT molecular complexity index is 672. The summed E-state index contributed by atoms with van der Waals surface area (Å²) in [5, 5.41) is 4.55. The van der Waals surface area contributed by atoms with Crippen molar-refractivity contribution in [2.75, 3.05) is 0 Å². The molecule has 0 radical (unpaired) electrons. The smallest absolute Gasteiger partial charge is 0.158 e. The van der Waals surface area contributed by atoms with Gasteiger partial charge in [0.2, 0.25) is 0 Å². The average Bonchev–Trinajstić information content (AvgIpc) is 3.21. The van der Waals surface area contributed by atoms with Gasteiger partial charge in [0.25, 0.3) is 0 Å². The van der Waals surface area contributed by atoms with E-state index in [0.29, 0.717) is 0 Å². The van der Waals surface area contributed by atoms with Crippen molar-refractivity contribution in [1.29, 1.82) is 0 Å². The van der Waals surface area contributed by atoms with Gasteiger partial charge in [-0.1, -0.05) is 112 Å². The van der Waals surface area contributed by atoms with Crippen LogP contribution in [0.25, 0.3) is 0 Å². The summed E-state index contributed by atoms with van der Waals surface area (Å²) in [6.07, 6.45) is 10.4. The van der Waals surface area contributed by atoms with Gasteiger partial charge in [-0.25, -0.2) is 0 Å². The number of aliphatic imine (C=N–C) groups is 1. The van der Waals surface area contributed by atoms with Gasteiger partial charge in [0.15, 0.2) is 5.17 Å². The van der Waals surface area contributed by atoms with Gasteiger partial charge in [-0.2, -0.15) is 0 Å². The van der Waals surface area contributed by atoms with Crippen LogP contribution in [0.15, 0.2) is 83.9 Å². The Morgan fingerprint density at radius 3 is 2.10 bits per heavy atom. The number of nitrogens with one attached hydrogen (secondary N) is 1. The Balaban J connectivity index is 0. The van der Waals surface area contributed by atoms with E-state index < -0.39 is 0 Å². The predicted octanol–water partition coefficient (Wildman–Crippen LogP) is 8.74. The molecule has 0 amide bonds. The molecule has 2 nitrogen and oxygen atoms in total. The quantitative estimate of drug-likeness (QED) is 0.445. The van der Waals surface area contributed by atoms with Crippen molar-refractivity contribution in [1.82, 2.24) is 5.32 Å². The fraction of sp³-hybridized carbons (Fsp3) is 0.464. The number of allylic oxidation sites excluding steroid dienone is 4. The molecular formula is C28H46N2S. The number of hydrogen-bond acceptors (Lipinski definition) is 3. The summed E-state index contributed by atoms with van der Waals surface area (Å²) in [7, 11) is 0. The van der Waals surface area contributed by atoms with E-state index in [0.717, 1.165) is 29.3 Å². The molecule has 0 spiro atoms.